The second kappa shape index (κ2) is 10.7. The van der Waals surface area contributed by atoms with Gasteiger partial charge in [0.15, 0.2) is 12.4 Å². The lowest BCUT2D eigenvalue weighted by atomic mass is 9.70. The average Bonchev–Trinajstić information content (AvgIpc) is 2.84. The number of ether oxygens (including phenoxy) is 3. The minimum absolute atomic E-state index is 0.0505. The zero-order chi connectivity index (χ0) is 27.6. The number of Topliss-reactive ketones (excluding diaryl/α,β-unsaturated/α-hetero) is 1. The van der Waals surface area contributed by atoms with E-state index in [0.717, 1.165) is 11.1 Å². The smallest absolute Gasteiger partial charge is 0.340 e. The maximum atomic E-state index is 13.4. The molecule has 8 nitrogen and oxygen atoms in total. The molecule has 1 aliphatic carbocycles. The SMILES string of the molecule is CCOC(=O)C1=C(N)OC2=C(C(=O)CC(C)(C)C2)C1c1ccccc1OCC(=O)Nc1cccc(C)c1C. The van der Waals surface area contributed by atoms with Gasteiger partial charge in [-0.3, -0.25) is 9.59 Å². The van der Waals surface area contributed by atoms with Crippen molar-refractivity contribution in [2.24, 2.45) is 11.1 Å². The number of ketones is 1. The highest BCUT2D eigenvalue weighted by atomic mass is 16.5. The monoisotopic (exact) mass is 518 g/mol. The molecule has 200 valence electrons. The van der Waals surface area contributed by atoms with Crippen LogP contribution >= 0.6 is 0 Å². The number of rotatable bonds is 7. The Labute approximate surface area is 222 Å². The zero-order valence-electron chi connectivity index (χ0n) is 22.5. The van der Waals surface area contributed by atoms with Gasteiger partial charge in [0.05, 0.1) is 12.5 Å². The lowest BCUT2D eigenvalue weighted by Crippen LogP contribution is -2.36. The number of amides is 1. The lowest BCUT2D eigenvalue weighted by Gasteiger charge is -2.38. The number of hydrogen-bond acceptors (Lipinski definition) is 7. The van der Waals surface area contributed by atoms with Crippen LogP contribution < -0.4 is 15.8 Å². The summed E-state index contributed by atoms with van der Waals surface area (Å²) in [5.41, 5.74) is 9.65. The summed E-state index contributed by atoms with van der Waals surface area (Å²) in [6.45, 7) is 9.44. The fourth-order valence-electron chi connectivity index (χ4n) is 4.97. The van der Waals surface area contributed by atoms with E-state index in [1.807, 2.05) is 45.9 Å². The Balaban J connectivity index is 1.69. The van der Waals surface area contributed by atoms with Crippen LogP contribution in [0.4, 0.5) is 5.69 Å². The first kappa shape index (κ1) is 27.0. The minimum atomic E-state index is -0.848. The topological polar surface area (TPSA) is 117 Å². The van der Waals surface area contributed by atoms with E-state index in [2.05, 4.69) is 5.32 Å². The number of nitrogens with two attached hydrogens (primary N) is 1. The second-order valence-corrected chi connectivity index (χ2v) is 10.4. The Hall–Kier alpha value is -4.07. The van der Waals surface area contributed by atoms with Gasteiger partial charge in [-0.05, 0) is 49.4 Å². The van der Waals surface area contributed by atoms with E-state index < -0.39 is 11.9 Å². The number of carbonyl (C=O) groups excluding carboxylic acids is 3. The van der Waals surface area contributed by atoms with Crippen molar-refractivity contribution >= 4 is 23.3 Å². The summed E-state index contributed by atoms with van der Waals surface area (Å²) < 4.78 is 17.1. The van der Waals surface area contributed by atoms with Crippen LogP contribution in [-0.2, 0) is 23.9 Å². The van der Waals surface area contributed by atoms with Crippen molar-refractivity contribution in [2.75, 3.05) is 18.5 Å². The van der Waals surface area contributed by atoms with Crippen LogP contribution in [-0.4, -0.2) is 30.9 Å². The summed E-state index contributed by atoms with van der Waals surface area (Å²) in [7, 11) is 0. The van der Waals surface area contributed by atoms with Crippen LogP contribution in [0, 0.1) is 19.3 Å². The van der Waals surface area contributed by atoms with E-state index in [0.29, 0.717) is 41.2 Å². The zero-order valence-corrected chi connectivity index (χ0v) is 22.5. The third-order valence-electron chi connectivity index (χ3n) is 6.92. The van der Waals surface area contributed by atoms with Gasteiger partial charge in [0.25, 0.3) is 5.91 Å². The van der Waals surface area contributed by atoms with Gasteiger partial charge in [-0.1, -0.05) is 44.2 Å². The van der Waals surface area contributed by atoms with Gasteiger partial charge in [-0.2, -0.15) is 0 Å². The van der Waals surface area contributed by atoms with Gasteiger partial charge in [-0.25, -0.2) is 4.79 Å². The predicted molar refractivity (Wildman–Crippen MR) is 143 cm³/mol. The molecule has 0 fully saturated rings. The Morgan fingerprint density at radius 2 is 1.84 bits per heavy atom. The standard InChI is InChI=1S/C30H34N2O6/c1-6-36-29(35)27-25(26-21(33)14-30(4,5)15-23(26)38-28(27)31)19-11-7-8-13-22(19)37-16-24(34)32-20-12-9-10-17(2)18(20)3/h7-13,25H,6,14-16,31H2,1-5H3,(H,32,34). The van der Waals surface area contributed by atoms with Crippen LogP contribution in [0.15, 0.2) is 65.3 Å². The number of allylic oxidation sites excluding steroid dienone is 2. The quantitative estimate of drug-likeness (QED) is 0.505. The molecular formula is C30H34N2O6. The molecule has 8 heteroatoms. The average molecular weight is 519 g/mol. The lowest BCUT2D eigenvalue weighted by molar-refractivity contribution is -0.139. The molecule has 3 N–H and O–H groups in total. The molecule has 1 aliphatic heterocycles. The predicted octanol–water partition coefficient (Wildman–Crippen LogP) is 4.81. The van der Waals surface area contributed by atoms with E-state index in [-0.39, 0.29) is 41.8 Å². The van der Waals surface area contributed by atoms with Crippen molar-refractivity contribution < 1.29 is 28.6 Å². The summed E-state index contributed by atoms with van der Waals surface area (Å²) in [6, 6.07) is 12.7. The minimum Gasteiger partial charge on any atom is -0.483 e. The molecule has 0 radical (unpaired) electrons. The molecule has 2 aromatic rings. The van der Waals surface area contributed by atoms with Crippen LogP contribution in [0.5, 0.6) is 5.75 Å². The number of benzene rings is 2. The van der Waals surface area contributed by atoms with E-state index in [1.54, 1.807) is 31.2 Å². The van der Waals surface area contributed by atoms with Gasteiger partial charge in [0, 0.05) is 29.7 Å². The molecule has 38 heavy (non-hydrogen) atoms. The molecule has 4 rings (SSSR count). The fraction of sp³-hybridized carbons (Fsp3) is 0.367. The molecule has 2 aromatic carbocycles. The van der Waals surface area contributed by atoms with Crippen molar-refractivity contribution in [3.63, 3.8) is 0 Å². The molecular weight excluding hydrogens is 484 g/mol. The van der Waals surface area contributed by atoms with E-state index >= 15 is 0 Å². The van der Waals surface area contributed by atoms with E-state index in [9.17, 15) is 14.4 Å². The van der Waals surface area contributed by atoms with Crippen LogP contribution in [0.1, 0.15) is 56.2 Å². The molecule has 0 saturated carbocycles. The summed E-state index contributed by atoms with van der Waals surface area (Å²) in [5.74, 6) is -1.27. The number of hydrogen-bond donors (Lipinski definition) is 2. The van der Waals surface area contributed by atoms with Crippen molar-refractivity contribution in [3.05, 3.63) is 81.9 Å². The number of para-hydroxylation sites is 1. The molecule has 1 amide bonds. The van der Waals surface area contributed by atoms with Crippen LogP contribution in [0.2, 0.25) is 0 Å². The Morgan fingerprint density at radius 3 is 2.58 bits per heavy atom. The normalized spacial score (nSPS) is 18.4. The highest BCUT2D eigenvalue weighted by Crippen LogP contribution is 2.49. The Kier molecular flexibility index (Phi) is 7.62. The van der Waals surface area contributed by atoms with Gasteiger partial charge in [0.1, 0.15) is 17.1 Å². The summed E-state index contributed by atoms with van der Waals surface area (Å²) in [5, 5.41) is 2.88. The number of nitrogens with one attached hydrogen (secondary N) is 1. The Bertz CT molecular complexity index is 1350. The van der Waals surface area contributed by atoms with Gasteiger partial charge in [0.2, 0.25) is 5.88 Å². The molecule has 2 aliphatic rings. The number of carbonyl (C=O) groups is 3. The van der Waals surface area contributed by atoms with Crippen LogP contribution in [0.25, 0.3) is 0 Å². The highest BCUT2D eigenvalue weighted by molar-refractivity contribution is 6.04. The van der Waals surface area contributed by atoms with Crippen molar-refractivity contribution in [1.82, 2.24) is 0 Å². The Morgan fingerprint density at radius 1 is 1.11 bits per heavy atom. The van der Waals surface area contributed by atoms with Crippen LogP contribution in [0.3, 0.4) is 0 Å². The van der Waals surface area contributed by atoms with E-state index in [1.165, 1.54) is 0 Å². The third-order valence-corrected chi connectivity index (χ3v) is 6.92. The summed E-state index contributed by atoms with van der Waals surface area (Å²) >= 11 is 0. The third kappa shape index (κ3) is 5.44. The maximum absolute atomic E-state index is 13.4. The summed E-state index contributed by atoms with van der Waals surface area (Å²) in [4.78, 5) is 39.3. The molecule has 0 saturated heterocycles. The van der Waals surface area contributed by atoms with Crippen molar-refractivity contribution in [3.8, 4) is 5.75 Å². The molecule has 1 unspecified atom stereocenters. The molecule has 0 bridgehead atoms. The van der Waals surface area contributed by atoms with Crippen molar-refractivity contribution in [1.29, 1.82) is 0 Å². The first-order chi connectivity index (χ1) is 18.0. The summed E-state index contributed by atoms with van der Waals surface area (Å²) in [6.07, 6.45) is 0.783. The molecule has 0 aromatic heterocycles. The second-order valence-electron chi connectivity index (χ2n) is 10.4. The highest BCUT2D eigenvalue weighted by Gasteiger charge is 2.45. The number of anilines is 1. The number of esters is 1. The van der Waals surface area contributed by atoms with Gasteiger partial charge in [-0.15, -0.1) is 0 Å². The van der Waals surface area contributed by atoms with Gasteiger partial charge >= 0.3 is 5.97 Å². The molecule has 0 spiro atoms. The largest absolute Gasteiger partial charge is 0.483 e. The van der Waals surface area contributed by atoms with Crippen molar-refractivity contribution in [2.45, 2.75) is 53.4 Å². The number of aryl methyl sites for hydroxylation is 1. The molecule has 1 heterocycles. The first-order valence-electron chi connectivity index (χ1n) is 12.7. The first-order valence-corrected chi connectivity index (χ1v) is 12.7. The maximum Gasteiger partial charge on any atom is 0.340 e. The van der Waals surface area contributed by atoms with Gasteiger partial charge < -0.3 is 25.3 Å². The fourth-order valence-corrected chi connectivity index (χ4v) is 4.97. The van der Waals surface area contributed by atoms with E-state index in [4.69, 9.17) is 19.9 Å². The molecule has 1 atom stereocenters.